The first-order chi connectivity index (χ1) is 14.7. The number of β-amino-alcohol motifs (C(OH)–C–C–N with tert-alkyl or cyclic N) is 1. The summed E-state index contributed by atoms with van der Waals surface area (Å²) in [4.78, 5) is 26.3. The fraction of sp³-hybridized carbons (Fsp3) is 0.364. The predicted octanol–water partition coefficient (Wildman–Crippen LogP) is 3.59. The number of fused-ring (bicyclic) bond motifs is 2. The average Bonchev–Trinajstić information content (AvgIpc) is 2.67. The molecule has 8 nitrogen and oxygen atoms in total. The van der Waals surface area contributed by atoms with Crippen LogP contribution in [-0.2, 0) is 6.54 Å². The van der Waals surface area contributed by atoms with E-state index >= 15 is 0 Å². The van der Waals surface area contributed by atoms with Crippen LogP contribution in [-0.4, -0.2) is 40.8 Å². The SMILES string of the molecule is CC1(C)C[C@@H](NC(=O)Nc2ccc3c(c2)NC(=O)N(CCO)C3)c2ccc(F)cc2O1. The van der Waals surface area contributed by atoms with Crippen LogP contribution < -0.4 is 20.7 Å². The molecule has 0 fully saturated rings. The summed E-state index contributed by atoms with van der Waals surface area (Å²) in [5.74, 6) is 0.0267. The molecule has 9 heteroatoms. The summed E-state index contributed by atoms with van der Waals surface area (Å²) in [5, 5.41) is 17.6. The van der Waals surface area contributed by atoms with E-state index in [-0.39, 0.29) is 25.2 Å². The third-order valence-corrected chi connectivity index (χ3v) is 5.37. The number of aliphatic hydroxyl groups excluding tert-OH is 1. The van der Waals surface area contributed by atoms with Crippen LogP contribution >= 0.6 is 0 Å². The zero-order valence-electron chi connectivity index (χ0n) is 17.4. The van der Waals surface area contributed by atoms with E-state index in [9.17, 15) is 14.0 Å². The highest BCUT2D eigenvalue weighted by Crippen LogP contribution is 2.39. The number of nitrogens with zero attached hydrogens (tertiary/aromatic N) is 1. The number of hydrogen-bond acceptors (Lipinski definition) is 4. The highest BCUT2D eigenvalue weighted by Gasteiger charge is 2.35. The fourth-order valence-electron chi connectivity index (χ4n) is 3.96. The Bertz CT molecular complexity index is 1030. The van der Waals surface area contributed by atoms with E-state index in [1.807, 2.05) is 19.9 Å². The summed E-state index contributed by atoms with van der Waals surface area (Å²) in [5.41, 5.74) is 2.19. The Labute approximate surface area is 179 Å². The van der Waals surface area contributed by atoms with Gasteiger partial charge in [0.15, 0.2) is 0 Å². The maximum Gasteiger partial charge on any atom is 0.322 e. The van der Waals surface area contributed by atoms with Crippen molar-refractivity contribution < 1.29 is 23.8 Å². The number of urea groups is 2. The molecule has 0 aliphatic carbocycles. The lowest BCUT2D eigenvalue weighted by Gasteiger charge is -2.37. The van der Waals surface area contributed by atoms with Crippen molar-refractivity contribution in [1.82, 2.24) is 10.2 Å². The van der Waals surface area contributed by atoms with Crippen LogP contribution in [0.2, 0.25) is 0 Å². The molecule has 4 N–H and O–H groups in total. The van der Waals surface area contributed by atoms with Gasteiger partial charge in [-0.05, 0) is 37.6 Å². The van der Waals surface area contributed by atoms with Crippen molar-refractivity contribution in [2.24, 2.45) is 0 Å². The van der Waals surface area contributed by atoms with Crippen molar-refractivity contribution in [2.45, 2.75) is 38.5 Å². The molecule has 0 radical (unpaired) electrons. The van der Waals surface area contributed by atoms with Crippen molar-refractivity contribution in [3.8, 4) is 5.75 Å². The highest BCUT2D eigenvalue weighted by atomic mass is 19.1. The number of aliphatic hydroxyl groups is 1. The number of rotatable bonds is 4. The lowest BCUT2D eigenvalue weighted by atomic mass is 9.90. The Morgan fingerprint density at radius 3 is 2.90 bits per heavy atom. The second-order valence-corrected chi connectivity index (χ2v) is 8.35. The van der Waals surface area contributed by atoms with E-state index in [0.717, 1.165) is 11.1 Å². The number of ether oxygens (including phenoxy) is 1. The number of amides is 4. The molecule has 0 spiro atoms. The van der Waals surface area contributed by atoms with Gasteiger partial charge in [-0.3, -0.25) is 0 Å². The minimum atomic E-state index is -0.560. The number of anilines is 2. The second-order valence-electron chi connectivity index (χ2n) is 8.35. The third kappa shape index (κ3) is 4.56. The molecule has 0 bridgehead atoms. The highest BCUT2D eigenvalue weighted by molar-refractivity contribution is 5.95. The average molecular weight is 428 g/mol. The summed E-state index contributed by atoms with van der Waals surface area (Å²) in [6.45, 7) is 4.31. The first-order valence-electron chi connectivity index (χ1n) is 10.1. The van der Waals surface area contributed by atoms with Gasteiger partial charge in [-0.2, -0.15) is 0 Å². The van der Waals surface area contributed by atoms with E-state index in [1.165, 1.54) is 17.0 Å². The molecule has 4 amide bonds. The normalized spacial score (nSPS) is 18.9. The Morgan fingerprint density at radius 1 is 1.32 bits per heavy atom. The van der Waals surface area contributed by atoms with Crippen molar-refractivity contribution in [1.29, 1.82) is 0 Å². The second kappa shape index (κ2) is 8.07. The molecule has 1 atom stereocenters. The topological polar surface area (TPSA) is 103 Å². The summed E-state index contributed by atoms with van der Waals surface area (Å²) in [6, 6.07) is 8.52. The van der Waals surface area contributed by atoms with Gasteiger partial charge in [0.25, 0.3) is 0 Å². The standard InChI is InChI=1S/C22H25FN4O4/c1-22(2)11-18(16-6-4-14(23)9-19(16)31-22)25-20(29)24-15-5-3-13-12-27(7-8-28)21(30)26-17(13)10-15/h3-6,9-10,18,28H,7-8,11-12H2,1-2H3,(H,26,30)(H2,24,25,29)/t18-/m1/s1. The number of benzene rings is 2. The van der Waals surface area contributed by atoms with Gasteiger partial charge in [-0.1, -0.05) is 12.1 Å². The van der Waals surface area contributed by atoms with Crippen LogP contribution in [0.5, 0.6) is 5.75 Å². The van der Waals surface area contributed by atoms with Gasteiger partial charge >= 0.3 is 12.1 Å². The van der Waals surface area contributed by atoms with E-state index in [1.54, 1.807) is 18.2 Å². The number of halogens is 1. The zero-order valence-corrected chi connectivity index (χ0v) is 17.4. The van der Waals surface area contributed by atoms with Gasteiger partial charge in [0.05, 0.1) is 12.6 Å². The van der Waals surface area contributed by atoms with Crippen LogP contribution in [0.25, 0.3) is 0 Å². The van der Waals surface area contributed by atoms with Crippen LogP contribution in [0.1, 0.15) is 37.4 Å². The third-order valence-electron chi connectivity index (χ3n) is 5.37. The number of carbonyl (C=O) groups excluding carboxylic acids is 2. The molecule has 2 heterocycles. The van der Waals surface area contributed by atoms with Crippen molar-refractivity contribution >= 4 is 23.4 Å². The summed E-state index contributed by atoms with van der Waals surface area (Å²) in [6.07, 6.45) is 0.528. The number of carbonyl (C=O) groups is 2. The van der Waals surface area contributed by atoms with Gasteiger partial charge in [0.1, 0.15) is 17.2 Å². The lowest BCUT2D eigenvalue weighted by molar-refractivity contribution is 0.0678. The largest absolute Gasteiger partial charge is 0.487 e. The van der Waals surface area contributed by atoms with E-state index in [0.29, 0.717) is 30.1 Å². The fourth-order valence-corrected chi connectivity index (χ4v) is 3.96. The Morgan fingerprint density at radius 2 is 2.13 bits per heavy atom. The van der Waals surface area contributed by atoms with E-state index < -0.39 is 17.4 Å². The van der Waals surface area contributed by atoms with E-state index in [2.05, 4.69) is 16.0 Å². The van der Waals surface area contributed by atoms with Crippen LogP contribution in [0, 0.1) is 5.82 Å². The van der Waals surface area contributed by atoms with Crippen molar-refractivity contribution in [3.63, 3.8) is 0 Å². The van der Waals surface area contributed by atoms with Crippen LogP contribution in [0.3, 0.4) is 0 Å². The molecular formula is C22H25FN4O4. The molecule has 2 aromatic rings. The summed E-state index contributed by atoms with van der Waals surface area (Å²) in [7, 11) is 0. The Hall–Kier alpha value is -3.33. The molecule has 2 aliphatic heterocycles. The summed E-state index contributed by atoms with van der Waals surface area (Å²) < 4.78 is 19.5. The minimum Gasteiger partial charge on any atom is -0.487 e. The lowest BCUT2D eigenvalue weighted by Crippen LogP contribution is -2.42. The summed E-state index contributed by atoms with van der Waals surface area (Å²) >= 11 is 0. The van der Waals surface area contributed by atoms with Crippen molar-refractivity contribution in [2.75, 3.05) is 23.8 Å². The maximum atomic E-state index is 13.6. The van der Waals surface area contributed by atoms with Gasteiger partial charge in [-0.25, -0.2) is 14.0 Å². The maximum absolute atomic E-state index is 13.6. The quantitative estimate of drug-likeness (QED) is 0.598. The van der Waals surface area contributed by atoms with Gasteiger partial charge in [-0.15, -0.1) is 0 Å². The molecule has 31 heavy (non-hydrogen) atoms. The van der Waals surface area contributed by atoms with Gasteiger partial charge in [0.2, 0.25) is 0 Å². The molecular weight excluding hydrogens is 403 g/mol. The van der Waals surface area contributed by atoms with Crippen LogP contribution in [0.15, 0.2) is 36.4 Å². The molecule has 164 valence electrons. The monoisotopic (exact) mass is 428 g/mol. The van der Waals surface area contributed by atoms with Crippen LogP contribution in [0.4, 0.5) is 25.4 Å². The molecule has 4 rings (SSSR count). The molecule has 0 saturated heterocycles. The zero-order chi connectivity index (χ0) is 22.2. The first kappa shape index (κ1) is 20.9. The molecule has 0 unspecified atom stereocenters. The predicted molar refractivity (Wildman–Crippen MR) is 114 cm³/mol. The smallest absolute Gasteiger partial charge is 0.322 e. The molecule has 2 aliphatic rings. The molecule has 0 aromatic heterocycles. The number of nitrogens with one attached hydrogen (secondary N) is 3. The minimum absolute atomic E-state index is 0.110. The Balaban J connectivity index is 1.46. The first-order valence-corrected chi connectivity index (χ1v) is 10.1. The molecule has 2 aromatic carbocycles. The van der Waals surface area contributed by atoms with E-state index in [4.69, 9.17) is 9.84 Å². The van der Waals surface area contributed by atoms with Gasteiger partial charge in [0, 0.05) is 42.5 Å². The number of hydrogen-bond donors (Lipinski definition) is 4. The molecule has 0 saturated carbocycles. The van der Waals surface area contributed by atoms with Crippen molar-refractivity contribution in [3.05, 3.63) is 53.3 Å². The van der Waals surface area contributed by atoms with Gasteiger partial charge < -0.3 is 30.7 Å². The Kier molecular flexibility index (Phi) is 5.45.